The van der Waals surface area contributed by atoms with Gasteiger partial charge in [0.1, 0.15) is 0 Å². The summed E-state index contributed by atoms with van der Waals surface area (Å²) in [5.74, 6) is 0. The molecule has 4 rings (SSSR count). The van der Waals surface area contributed by atoms with Gasteiger partial charge in [-0.3, -0.25) is 9.59 Å². The molecule has 0 aliphatic carbocycles. The normalized spacial score (nSPS) is 11.7. The van der Waals surface area contributed by atoms with Crippen molar-refractivity contribution in [3.63, 3.8) is 0 Å². The molecular formula is C26H29BrN2O2S2. The molecule has 2 aromatic heterocycles. The number of hydrogen-bond acceptors (Lipinski definition) is 6. The van der Waals surface area contributed by atoms with E-state index >= 15 is 0 Å². The summed E-state index contributed by atoms with van der Waals surface area (Å²) in [7, 11) is 0. The van der Waals surface area contributed by atoms with Crippen LogP contribution in [-0.4, -0.2) is 9.97 Å². The second kappa shape index (κ2) is 11.2. The number of aromatic nitrogens is 2. The second-order valence-corrected chi connectivity index (χ2v) is 11.4. The minimum atomic E-state index is -0.350. The Labute approximate surface area is 210 Å². The molecule has 2 aliphatic rings. The SMILES string of the molecule is CCCCCCc1sc(CCCCCC)c(-c2nc(=O)c3c(-c4cccs4)nc(=O)c2=3)c1Br. The van der Waals surface area contributed by atoms with Crippen molar-refractivity contribution in [2.75, 3.05) is 0 Å². The number of thiophene rings is 2. The zero-order valence-electron chi connectivity index (χ0n) is 19.2. The van der Waals surface area contributed by atoms with Gasteiger partial charge in [-0.25, -0.2) is 9.97 Å². The maximum atomic E-state index is 13.0. The van der Waals surface area contributed by atoms with E-state index in [0.717, 1.165) is 40.6 Å². The molecule has 0 N–H and O–H groups in total. The van der Waals surface area contributed by atoms with E-state index in [0.29, 0.717) is 21.8 Å². The Morgan fingerprint density at radius 3 is 2.03 bits per heavy atom. The Morgan fingerprint density at radius 2 is 1.42 bits per heavy atom. The van der Waals surface area contributed by atoms with E-state index in [1.165, 1.54) is 59.6 Å². The Bertz CT molecular complexity index is 1350. The van der Waals surface area contributed by atoms with Crippen molar-refractivity contribution in [3.8, 4) is 21.8 Å². The molecule has 4 nitrogen and oxygen atoms in total. The van der Waals surface area contributed by atoms with Crippen LogP contribution < -0.4 is 11.1 Å². The first kappa shape index (κ1) is 24.4. The molecule has 0 saturated heterocycles. The molecule has 0 bridgehead atoms. The molecule has 7 heteroatoms. The predicted molar refractivity (Wildman–Crippen MR) is 142 cm³/mol. The first-order chi connectivity index (χ1) is 16.1. The fourth-order valence-electron chi connectivity index (χ4n) is 4.36. The average Bonchev–Trinajstić information content (AvgIpc) is 3.56. The molecule has 174 valence electrons. The van der Waals surface area contributed by atoms with Crippen molar-refractivity contribution < 1.29 is 0 Å². The summed E-state index contributed by atoms with van der Waals surface area (Å²) in [6.45, 7) is 4.44. The Balaban J connectivity index is 1.81. The molecule has 2 aliphatic heterocycles. The first-order valence-corrected chi connectivity index (χ1v) is 14.4. The van der Waals surface area contributed by atoms with Crippen LogP contribution in [0.5, 0.6) is 0 Å². The fraction of sp³-hybridized carbons (Fsp3) is 0.462. The van der Waals surface area contributed by atoms with E-state index in [1.807, 2.05) is 28.8 Å². The van der Waals surface area contributed by atoms with Crippen molar-refractivity contribution in [1.29, 1.82) is 0 Å². The summed E-state index contributed by atoms with van der Waals surface area (Å²) in [5.41, 5.74) is 1.24. The van der Waals surface area contributed by atoms with Gasteiger partial charge in [0.25, 0.3) is 11.1 Å². The molecule has 2 aromatic rings. The van der Waals surface area contributed by atoms with E-state index in [2.05, 4.69) is 39.7 Å². The molecule has 0 radical (unpaired) electrons. The third kappa shape index (κ3) is 5.05. The topological polar surface area (TPSA) is 59.9 Å². The molecule has 0 fully saturated rings. The molecule has 0 amide bonds. The van der Waals surface area contributed by atoms with E-state index in [1.54, 1.807) is 0 Å². The van der Waals surface area contributed by atoms with E-state index < -0.39 is 0 Å². The summed E-state index contributed by atoms with van der Waals surface area (Å²) < 4.78 is 1.01. The van der Waals surface area contributed by atoms with Gasteiger partial charge < -0.3 is 0 Å². The highest BCUT2D eigenvalue weighted by molar-refractivity contribution is 9.10. The molecule has 0 atom stereocenters. The van der Waals surface area contributed by atoms with Gasteiger partial charge in [-0.2, -0.15) is 0 Å². The van der Waals surface area contributed by atoms with Crippen molar-refractivity contribution in [2.45, 2.75) is 78.1 Å². The average molecular weight is 546 g/mol. The number of aryl methyl sites for hydroxylation is 2. The van der Waals surface area contributed by atoms with Gasteiger partial charge in [-0.1, -0.05) is 58.4 Å². The Morgan fingerprint density at radius 1 is 0.818 bits per heavy atom. The summed E-state index contributed by atoms with van der Waals surface area (Å²) in [6, 6.07) is 3.80. The van der Waals surface area contributed by atoms with Crippen LogP contribution in [0.15, 0.2) is 31.6 Å². The van der Waals surface area contributed by atoms with Crippen LogP contribution in [0, 0.1) is 10.4 Å². The standard InChI is InChI=1S/C26H29BrN2O2S2/c1-3-5-7-9-12-16-19(22(27)17(33-16)13-10-8-6-4-2)24-21-20(25(30)29-24)23(28-26(21)31)18-14-11-15-32-18/h11,14-15H,3-10,12-13H2,1-2H3. The lowest BCUT2D eigenvalue weighted by molar-refractivity contribution is 0.669. The molecule has 4 heterocycles. The summed E-state index contributed by atoms with van der Waals surface area (Å²) in [4.78, 5) is 38.0. The largest absolute Gasteiger partial charge is 0.280 e. The monoisotopic (exact) mass is 544 g/mol. The summed E-state index contributed by atoms with van der Waals surface area (Å²) in [5, 5.41) is 2.68. The Hall–Kier alpha value is -1.70. The van der Waals surface area contributed by atoms with E-state index in [-0.39, 0.29) is 11.1 Å². The van der Waals surface area contributed by atoms with Gasteiger partial charge in [0, 0.05) is 19.8 Å². The van der Waals surface area contributed by atoms with Crippen molar-refractivity contribution in [3.05, 3.63) is 62.9 Å². The first-order valence-electron chi connectivity index (χ1n) is 11.9. The predicted octanol–water partition coefficient (Wildman–Crippen LogP) is 7.26. The van der Waals surface area contributed by atoms with Crippen LogP contribution in [0.25, 0.3) is 21.8 Å². The van der Waals surface area contributed by atoms with Crippen LogP contribution in [0.1, 0.15) is 75.0 Å². The quantitative estimate of drug-likeness (QED) is 0.176. The second-order valence-electron chi connectivity index (χ2n) is 8.52. The summed E-state index contributed by atoms with van der Waals surface area (Å²) in [6.07, 6.45) is 11.5. The minimum absolute atomic E-state index is 0.350. The van der Waals surface area contributed by atoms with Crippen LogP contribution >= 0.6 is 38.6 Å². The molecular weight excluding hydrogens is 516 g/mol. The minimum Gasteiger partial charge on any atom is -0.267 e. The highest BCUT2D eigenvalue weighted by Crippen LogP contribution is 2.42. The molecule has 0 spiro atoms. The van der Waals surface area contributed by atoms with Gasteiger partial charge in [0.2, 0.25) is 0 Å². The van der Waals surface area contributed by atoms with Gasteiger partial charge in [0.05, 0.1) is 26.7 Å². The molecule has 0 saturated carbocycles. The van der Waals surface area contributed by atoms with Crippen LogP contribution in [-0.2, 0) is 12.8 Å². The van der Waals surface area contributed by atoms with Gasteiger partial charge in [0.15, 0.2) is 0 Å². The number of rotatable bonds is 12. The summed E-state index contributed by atoms with van der Waals surface area (Å²) >= 11 is 7.14. The van der Waals surface area contributed by atoms with Gasteiger partial charge >= 0.3 is 0 Å². The third-order valence-electron chi connectivity index (χ3n) is 6.07. The number of hydrogen-bond donors (Lipinski definition) is 0. The van der Waals surface area contributed by atoms with Crippen molar-refractivity contribution >= 4 is 38.6 Å². The highest BCUT2D eigenvalue weighted by Gasteiger charge is 2.25. The van der Waals surface area contributed by atoms with Crippen molar-refractivity contribution in [2.24, 2.45) is 0 Å². The fourth-order valence-corrected chi connectivity index (χ4v) is 7.36. The molecule has 0 aromatic carbocycles. The molecule has 33 heavy (non-hydrogen) atoms. The third-order valence-corrected chi connectivity index (χ3v) is 9.40. The van der Waals surface area contributed by atoms with Crippen molar-refractivity contribution in [1.82, 2.24) is 9.97 Å². The maximum Gasteiger partial charge on any atom is 0.280 e. The number of nitrogens with zero attached hydrogens (tertiary/aromatic N) is 2. The zero-order chi connectivity index (χ0) is 23.4. The van der Waals surface area contributed by atoms with Gasteiger partial charge in [-0.05, 0) is 53.1 Å². The lowest BCUT2D eigenvalue weighted by atomic mass is 10.0. The lowest BCUT2D eigenvalue weighted by Crippen LogP contribution is -2.04. The van der Waals surface area contributed by atoms with E-state index in [9.17, 15) is 9.59 Å². The maximum absolute atomic E-state index is 13.0. The van der Waals surface area contributed by atoms with E-state index in [4.69, 9.17) is 0 Å². The number of halogens is 1. The van der Waals surface area contributed by atoms with Crippen LogP contribution in [0.4, 0.5) is 0 Å². The van der Waals surface area contributed by atoms with Crippen LogP contribution in [0.3, 0.4) is 0 Å². The highest BCUT2D eigenvalue weighted by atomic mass is 79.9. The van der Waals surface area contributed by atoms with Crippen LogP contribution in [0.2, 0.25) is 0 Å². The van der Waals surface area contributed by atoms with Gasteiger partial charge in [-0.15, -0.1) is 22.7 Å². The number of unbranched alkanes of at least 4 members (excludes halogenated alkanes) is 6. The molecule has 0 unspecified atom stereocenters. The zero-order valence-corrected chi connectivity index (χ0v) is 22.4. The Kier molecular flexibility index (Phi) is 8.25. The lowest BCUT2D eigenvalue weighted by Gasteiger charge is -2.03. The smallest absolute Gasteiger partial charge is 0.267 e.